The van der Waals surface area contributed by atoms with Gasteiger partial charge in [0.05, 0.1) is 18.8 Å². The second kappa shape index (κ2) is 8.48. The van der Waals surface area contributed by atoms with Crippen LogP contribution in [0.4, 0.5) is 0 Å². The van der Waals surface area contributed by atoms with Crippen LogP contribution in [0.25, 0.3) is 6.08 Å². The molecule has 0 saturated heterocycles. The van der Waals surface area contributed by atoms with Gasteiger partial charge < -0.3 is 9.47 Å². The van der Waals surface area contributed by atoms with Gasteiger partial charge >= 0.3 is 5.97 Å². The van der Waals surface area contributed by atoms with E-state index in [0.717, 1.165) is 18.4 Å². The van der Waals surface area contributed by atoms with Crippen LogP contribution in [-0.4, -0.2) is 26.3 Å². The first-order valence-corrected chi connectivity index (χ1v) is 6.19. The molecule has 0 fully saturated rings. The number of hydrogen-bond acceptors (Lipinski definition) is 3. The summed E-state index contributed by atoms with van der Waals surface area (Å²) in [5, 5.41) is 0. The van der Waals surface area contributed by atoms with E-state index in [9.17, 15) is 4.79 Å². The molecule has 0 N–H and O–H groups in total. The van der Waals surface area contributed by atoms with Crippen LogP contribution in [0, 0.1) is 0 Å². The number of unbranched alkanes of at least 4 members (excludes halogenated alkanes) is 1. The number of esters is 1. The van der Waals surface area contributed by atoms with Crippen LogP contribution in [0.5, 0.6) is 0 Å². The summed E-state index contributed by atoms with van der Waals surface area (Å²) in [6.45, 7) is 2.79. The van der Waals surface area contributed by atoms with Crippen molar-refractivity contribution in [3.8, 4) is 0 Å². The SMILES string of the molecule is CCCCOC(=O)C(=Cc1ccccc1)COC. The van der Waals surface area contributed by atoms with Crippen molar-refractivity contribution in [2.45, 2.75) is 19.8 Å². The summed E-state index contributed by atoms with van der Waals surface area (Å²) in [6.07, 6.45) is 3.70. The number of rotatable bonds is 7. The number of benzene rings is 1. The maximum atomic E-state index is 11.8. The van der Waals surface area contributed by atoms with Crippen molar-refractivity contribution in [2.75, 3.05) is 20.3 Å². The van der Waals surface area contributed by atoms with Crippen molar-refractivity contribution in [2.24, 2.45) is 0 Å². The zero-order valence-electron chi connectivity index (χ0n) is 11.0. The molecule has 0 unspecified atom stereocenters. The van der Waals surface area contributed by atoms with Crippen LogP contribution >= 0.6 is 0 Å². The van der Waals surface area contributed by atoms with E-state index >= 15 is 0 Å². The molecular formula is C15H20O3. The van der Waals surface area contributed by atoms with Crippen LogP contribution in [0.3, 0.4) is 0 Å². The van der Waals surface area contributed by atoms with Crippen molar-refractivity contribution in [1.82, 2.24) is 0 Å². The Morgan fingerprint density at radius 2 is 2.00 bits per heavy atom. The Kier molecular flexibility index (Phi) is 6.81. The molecule has 0 atom stereocenters. The second-order valence-corrected chi connectivity index (χ2v) is 4.00. The molecule has 0 aliphatic carbocycles. The maximum Gasteiger partial charge on any atom is 0.336 e. The smallest absolute Gasteiger partial charge is 0.336 e. The zero-order valence-corrected chi connectivity index (χ0v) is 11.0. The Morgan fingerprint density at radius 1 is 1.28 bits per heavy atom. The van der Waals surface area contributed by atoms with Crippen LogP contribution in [0.15, 0.2) is 35.9 Å². The average Bonchev–Trinajstić information content (AvgIpc) is 2.39. The van der Waals surface area contributed by atoms with E-state index in [2.05, 4.69) is 6.92 Å². The molecule has 1 aromatic rings. The highest BCUT2D eigenvalue weighted by Gasteiger charge is 2.10. The minimum absolute atomic E-state index is 0.264. The lowest BCUT2D eigenvalue weighted by Gasteiger charge is -2.07. The van der Waals surface area contributed by atoms with Gasteiger partial charge in [-0.3, -0.25) is 0 Å². The molecule has 0 aromatic heterocycles. The first-order chi connectivity index (χ1) is 8.77. The van der Waals surface area contributed by atoms with E-state index in [1.54, 1.807) is 13.2 Å². The molecule has 0 spiro atoms. The van der Waals surface area contributed by atoms with Crippen molar-refractivity contribution in [1.29, 1.82) is 0 Å². The quantitative estimate of drug-likeness (QED) is 0.422. The third-order valence-corrected chi connectivity index (χ3v) is 2.43. The fourth-order valence-electron chi connectivity index (χ4n) is 1.47. The fraction of sp³-hybridized carbons (Fsp3) is 0.400. The third kappa shape index (κ3) is 5.15. The highest BCUT2D eigenvalue weighted by Crippen LogP contribution is 2.09. The van der Waals surface area contributed by atoms with E-state index in [0.29, 0.717) is 12.2 Å². The standard InChI is InChI=1S/C15H20O3/c1-3-4-10-18-15(16)14(12-17-2)11-13-8-6-5-7-9-13/h5-9,11H,3-4,10,12H2,1-2H3. The Hall–Kier alpha value is -1.61. The number of hydrogen-bond donors (Lipinski definition) is 0. The van der Waals surface area contributed by atoms with Gasteiger partial charge in [-0.2, -0.15) is 0 Å². The van der Waals surface area contributed by atoms with Crippen molar-refractivity contribution in [3.63, 3.8) is 0 Å². The summed E-state index contributed by atoms with van der Waals surface area (Å²) in [6, 6.07) is 9.67. The zero-order chi connectivity index (χ0) is 13.2. The molecule has 0 saturated carbocycles. The van der Waals surface area contributed by atoms with Crippen LogP contribution < -0.4 is 0 Å². The summed E-state index contributed by atoms with van der Waals surface area (Å²) in [5.41, 5.74) is 1.51. The first kappa shape index (κ1) is 14.5. The summed E-state index contributed by atoms with van der Waals surface area (Å²) in [4.78, 5) is 11.8. The molecule has 3 nitrogen and oxygen atoms in total. The predicted octanol–water partition coefficient (Wildman–Crippen LogP) is 3.06. The van der Waals surface area contributed by atoms with Gasteiger partial charge in [0.15, 0.2) is 0 Å². The van der Waals surface area contributed by atoms with E-state index in [1.807, 2.05) is 30.3 Å². The topological polar surface area (TPSA) is 35.5 Å². The molecule has 1 rings (SSSR count). The van der Waals surface area contributed by atoms with Crippen LogP contribution in [-0.2, 0) is 14.3 Å². The van der Waals surface area contributed by atoms with Gasteiger partial charge in [0, 0.05) is 7.11 Å². The minimum Gasteiger partial charge on any atom is -0.462 e. The lowest BCUT2D eigenvalue weighted by molar-refractivity contribution is -0.139. The number of carbonyl (C=O) groups excluding carboxylic acids is 1. The van der Waals surface area contributed by atoms with E-state index in [-0.39, 0.29) is 12.6 Å². The highest BCUT2D eigenvalue weighted by atomic mass is 16.5. The lowest BCUT2D eigenvalue weighted by atomic mass is 10.1. The van der Waals surface area contributed by atoms with E-state index in [4.69, 9.17) is 9.47 Å². The van der Waals surface area contributed by atoms with Gasteiger partial charge in [-0.15, -0.1) is 0 Å². The molecule has 0 aliphatic heterocycles. The van der Waals surface area contributed by atoms with E-state index < -0.39 is 0 Å². The largest absolute Gasteiger partial charge is 0.462 e. The molecule has 0 heterocycles. The van der Waals surface area contributed by atoms with Gasteiger partial charge in [0.25, 0.3) is 0 Å². The van der Waals surface area contributed by atoms with E-state index in [1.165, 1.54) is 0 Å². The Balaban J connectivity index is 2.69. The second-order valence-electron chi connectivity index (χ2n) is 4.00. The van der Waals surface area contributed by atoms with Crippen molar-refractivity contribution < 1.29 is 14.3 Å². The lowest BCUT2D eigenvalue weighted by Crippen LogP contribution is -2.12. The molecule has 0 bridgehead atoms. The Morgan fingerprint density at radius 3 is 2.61 bits per heavy atom. The maximum absolute atomic E-state index is 11.8. The molecular weight excluding hydrogens is 228 g/mol. The number of methoxy groups -OCH3 is 1. The summed E-state index contributed by atoms with van der Waals surface area (Å²) >= 11 is 0. The van der Waals surface area contributed by atoms with Crippen molar-refractivity contribution in [3.05, 3.63) is 41.5 Å². The average molecular weight is 248 g/mol. The normalized spacial score (nSPS) is 11.3. The van der Waals surface area contributed by atoms with Crippen LogP contribution in [0.2, 0.25) is 0 Å². The first-order valence-electron chi connectivity index (χ1n) is 6.19. The summed E-state index contributed by atoms with van der Waals surface area (Å²) in [5.74, 6) is -0.297. The summed E-state index contributed by atoms with van der Waals surface area (Å²) in [7, 11) is 1.57. The van der Waals surface area contributed by atoms with Crippen molar-refractivity contribution >= 4 is 12.0 Å². The van der Waals surface area contributed by atoms with Gasteiger partial charge in [-0.25, -0.2) is 4.79 Å². The predicted molar refractivity (Wildman–Crippen MR) is 72.2 cm³/mol. The fourth-order valence-corrected chi connectivity index (χ4v) is 1.47. The van der Waals surface area contributed by atoms with Gasteiger partial charge in [-0.05, 0) is 18.1 Å². The molecule has 0 aliphatic rings. The molecule has 3 heteroatoms. The summed E-state index contributed by atoms with van der Waals surface area (Å²) < 4.78 is 10.2. The molecule has 1 aromatic carbocycles. The highest BCUT2D eigenvalue weighted by molar-refractivity contribution is 5.93. The molecule has 98 valence electrons. The van der Waals surface area contributed by atoms with Gasteiger partial charge in [0.1, 0.15) is 0 Å². The van der Waals surface area contributed by atoms with Gasteiger partial charge in [-0.1, -0.05) is 43.7 Å². The van der Waals surface area contributed by atoms with Gasteiger partial charge in [0.2, 0.25) is 0 Å². The Bertz CT molecular complexity index is 382. The minimum atomic E-state index is -0.297. The molecule has 0 amide bonds. The molecule has 0 radical (unpaired) electrons. The third-order valence-electron chi connectivity index (χ3n) is 2.43. The number of carbonyl (C=O) groups is 1. The molecule has 18 heavy (non-hydrogen) atoms. The number of ether oxygens (including phenoxy) is 2. The Labute approximate surface area is 108 Å². The van der Waals surface area contributed by atoms with Crippen LogP contribution in [0.1, 0.15) is 25.3 Å². The monoisotopic (exact) mass is 248 g/mol.